The predicted octanol–water partition coefficient (Wildman–Crippen LogP) is 2.74. The zero-order valence-electron chi connectivity index (χ0n) is 20.1. The first-order valence-corrected chi connectivity index (χ1v) is 15.2. The molecule has 2 atom stereocenters. The summed E-state index contributed by atoms with van der Waals surface area (Å²) in [5, 5.41) is 2.38. The summed E-state index contributed by atoms with van der Waals surface area (Å²) < 4.78 is 70.2. The monoisotopic (exact) mass is 644 g/mol. The maximum Gasteiger partial charge on any atom is 0.278 e. The van der Waals surface area contributed by atoms with Crippen LogP contribution in [0.2, 0.25) is 0 Å². The molecule has 10 heteroatoms. The van der Waals surface area contributed by atoms with Crippen LogP contribution in [0.5, 0.6) is 0 Å². The summed E-state index contributed by atoms with van der Waals surface area (Å²) in [6.07, 6.45) is 2.99. The second kappa shape index (κ2) is 7.85. The van der Waals surface area contributed by atoms with Crippen molar-refractivity contribution in [3.63, 3.8) is 0 Å². The Hall–Kier alpha value is -1.30. The van der Waals surface area contributed by atoms with Crippen molar-refractivity contribution in [2.45, 2.75) is 51.0 Å². The molecule has 0 bridgehead atoms. The third-order valence-corrected chi connectivity index (χ3v) is 11.3. The summed E-state index contributed by atoms with van der Waals surface area (Å²) in [6, 6.07) is 7.37. The Morgan fingerprint density at radius 1 is 0.714 bits per heavy atom. The lowest BCUT2D eigenvalue weighted by Gasteiger charge is -2.41. The topological polar surface area (TPSA) is 109 Å². The average molecular weight is 646 g/mol. The molecule has 0 aromatic heterocycles. The van der Waals surface area contributed by atoms with Crippen LogP contribution in [0.3, 0.4) is 0 Å². The largest absolute Gasteiger partial charge is 0.285 e. The maximum absolute atomic E-state index is 12.9. The quantitative estimate of drug-likeness (QED) is 0.495. The predicted molar refractivity (Wildman–Crippen MR) is 146 cm³/mol. The summed E-state index contributed by atoms with van der Waals surface area (Å²) in [4.78, 5) is 0. The lowest BCUT2D eigenvalue weighted by Crippen LogP contribution is -2.47. The van der Waals surface area contributed by atoms with Gasteiger partial charge < -0.3 is 0 Å². The molecule has 0 aliphatic heterocycles. The Morgan fingerprint density at radius 3 is 1.31 bits per heavy atom. The Kier molecular flexibility index (Phi) is 6.00. The number of halogens is 2. The number of aryl methyl sites for hydroxylation is 2. The van der Waals surface area contributed by atoms with E-state index < -0.39 is 35.1 Å². The van der Waals surface area contributed by atoms with Gasteiger partial charge in [0.2, 0.25) is 0 Å². The molecule has 0 radical (unpaired) electrons. The fourth-order valence-electron chi connectivity index (χ4n) is 5.89. The first kappa shape index (κ1) is 26.8. The van der Waals surface area contributed by atoms with E-state index in [2.05, 4.69) is 31.9 Å². The highest BCUT2D eigenvalue weighted by Crippen LogP contribution is 2.52. The normalized spacial score (nSPS) is 24.2. The van der Waals surface area contributed by atoms with E-state index in [0.717, 1.165) is 11.1 Å². The van der Waals surface area contributed by atoms with E-state index >= 15 is 0 Å². The molecule has 0 spiro atoms. The fourth-order valence-corrected chi connectivity index (χ4v) is 9.05. The van der Waals surface area contributed by atoms with Gasteiger partial charge in [0, 0.05) is 14.4 Å². The molecule has 4 rings (SSSR count). The molecule has 2 unspecified atom stereocenters. The standard InChI is InChI=1S/C25H26Br2O6S2/c1-13-7-15-17(19(26)9-13)11-24(5,34(28,29)30)21(15)23(3,4)22-16-8-14(2)10-20(27)18(16)12-25(22,6)35(31,32)33/h7-12H,1-6H3,(H,28,29,30)(H,31,32,33). The second-order valence-electron chi connectivity index (χ2n) is 10.2. The molecule has 2 N–H and O–H groups in total. The van der Waals surface area contributed by atoms with Crippen LogP contribution in [-0.4, -0.2) is 35.4 Å². The Morgan fingerprint density at radius 2 is 1.03 bits per heavy atom. The van der Waals surface area contributed by atoms with Crippen molar-refractivity contribution in [1.29, 1.82) is 0 Å². The highest BCUT2D eigenvalue weighted by Gasteiger charge is 2.56. The van der Waals surface area contributed by atoms with Crippen LogP contribution < -0.4 is 20.9 Å². The maximum atomic E-state index is 12.9. The minimum absolute atomic E-state index is 0.329. The Bertz CT molecular complexity index is 1660. The minimum Gasteiger partial charge on any atom is -0.285 e. The number of benzene rings is 2. The molecule has 2 aromatic rings. The first-order chi connectivity index (χ1) is 15.8. The lowest BCUT2D eigenvalue weighted by atomic mass is 9.69. The summed E-state index contributed by atoms with van der Waals surface area (Å²) in [6.45, 7) is 10.0. The van der Waals surface area contributed by atoms with Gasteiger partial charge in [-0.25, -0.2) is 0 Å². The van der Waals surface area contributed by atoms with E-state index in [0.29, 0.717) is 41.0 Å². The molecular formula is C25H26Br2O6S2. The van der Waals surface area contributed by atoms with Crippen molar-refractivity contribution >= 4 is 75.4 Å². The van der Waals surface area contributed by atoms with Gasteiger partial charge in [0.1, 0.15) is 9.49 Å². The summed E-state index contributed by atoms with van der Waals surface area (Å²) in [7, 11) is -9.37. The molecule has 188 valence electrons. The number of fused-ring (bicyclic) bond motifs is 2. The smallest absolute Gasteiger partial charge is 0.278 e. The number of rotatable bonds is 4. The Balaban J connectivity index is 2.31. The van der Waals surface area contributed by atoms with Gasteiger partial charge in [0.25, 0.3) is 20.2 Å². The van der Waals surface area contributed by atoms with Crippen LogP contribution >= 0.6 is 31.9 Å². The van der Waals surface area contributed by atoms with Crippen molar-refractivity contribution in [3.8, 4) is 0 Å². The molecule has 0 saturated carbocycles. The fraction of sp³-hybridized carbons (Fsp3) is 0.360. The number of hydrogen-bond acceptors (Lipinski definition) is 4. The van der Waals surface area contributed by atoms with Gasteiger partial charge in [-0.15, -0.1) is 0 Å². The third kappa shape index (κ3) is 3.75. The van der Waals surface area contributed by atoms with Gasteiger partial charge in [-0.2, -0.15) is 16.8 Å². The van der Waals surface area contributed by atoms with Crippen LogP contribution in [0.15, 0.2) is 33.2 Å². The van der Waals surface area contributed by atoms with Crippen molar-refractivity contribution in [3.05, 3.63) is 65.2 Å². The zero-order valence-corrected chi connectivity index (χ0v) is 24.9. The lowest BCUT2D eigenvalue weighted by molar-refractivity contribution is 0.459. The zero-order chi connectivity index (χ0) is 26.5. The van der Waals surface area contributed by atoms with Crippen LogP contribution in [0, 0.1) is 19.3 Å². The highest BCUT2D eigenvalue weighted by molar-refractivity contribution is 9.10. The van der Waals surface area contributed by atoms with E-state index in [1.54, 1.807) is 13.8 Å². The van der Waals surface area contributed by atoms with Crippen LogP contribution in [0.1, 0.15) is 38.8 Å². The van der Waals surface area contributed by atoms with Gasteiger partial charge >= 0.3 is 0 Å². The van der Waals surface area contributed by atoms with Gasteiger partial charge in [-0.3, -0.25) is 9.11 Å². The van der Waals surface area contributed by atoms with Crippen molar-refractivity contribution < 1.29 is 25.9 Å². The second-order valence-corrected chi connectivity index (χ2v) is 15.5. The average Bonchev–Trinajstić information content (AvgIpc) is 3.15. The van der Waals surface area contributed by atoms with Gasteiger partial charge in [0.05, 0.1) is 0 Å². The van der Waals surface area contributed by atoms with E-state index in [1.807, 2.05) is 38.1 Å². The molecule has 0 saturated heterocycles. The van der Waals surface area contributed by atoms with Gasteiger partial charge in [0.15, 0.2) is 0 Å². The molecule has 0 amide bonds. The third-order valence-electron chi connectivity index (χ3n) is 7.24. The van der Waals surface area contributed by atoms with Gasteiger partial charge in [-0.05, 0) is 95.1 Å². The summed E-state index contributed by atoms with van der Waals surface area (Å²) >= 11 is 7.03. The minimum atomic E-state index is -4.69. The molecule has 0 fully saturated rings. The van der Waals surface area contributed by atoms with E-state index in [9.17, 15) is 25.9 Å². The first-order valence-electron chi connectivity index (χ1n) is 10.8. The Labute approximate surface area is 221 Å². The highest BCUT2D eigenvalue weighted by atomic mass is 79.9. The number of hydrogen-bond donors (Lipinski definition) is 2. The van der Waals surface area contributed by atoms with Crippen LogP contribution in [-0.2, 0) is 20.2 Å². The molecule has 2 aliphatic carbocycles. The summed E-state index contributed by atoms with van der Waals surface area (Å²) in [5.74, 6) is 0. The van der Waals surface area contributed by atoms with Crippen LogP contribution in [0.25, 0.3) is 23.3 Å². The van der Waals surface area contributed by atoms with Crippen molar-refractivity contribution in [2.24, 2.45) is 5.41 Å². The van der Waals surface area contributed by atoms with Gasteiger partial charge in [-0.1, -0.05) is 57.8 Å². The molecular weight excluding hydrogens is 620 g/mol. The van der Waals surface area contributed by atoms with E-state index in [4.69, 9.17) is 0 Å². The molecule has 0 heterocycles. The van der Waals surface area contributed by atoms with E-state index in [-0.39, 0.29) is 0 Å². The van der Waals surface area contributed by atoms with E-state index in [1.165, 1.54) is 26.0 Å². The molecule has 2 aliphatic rings. The SMILES string of the molecule is Cc1cc(Br)c2c(c1)=C(C(C)(C)C1=c3cc(C)cc(Br)c3=CC1(C)S(=O)(=O)O)C(C)(S(=O)(=O)O)C=2. The molecule has 6 nitrogen and oxygen atoms in total. The summed E-state index contributed by atoms with van der Waals surface area (Å²) in [5.41, 5.74) is 1.12. The molecule has 35 heavy (non-hydrogen) atoms. The van der Waals surface area contributed by atoms with Crippen molar-refractivity contribution in [2.75, 3.05) is 0 Å². The van der Waals surface area contributed by atoms with Crippen molar-refractivity contribution in [1.82, 2.24) is 0 Å². The van der Waals surface area contributed by atoms with Crippen LogP contribution in [0.4, 0.5) is 0 Å². The molecule has 2 aromatic carbocycles.